The van der Waals surface area contributed by atoms with Crippen LogP contribution in [0, 0.1) is 0 Å². The number of aliphatic hydroxyl groups is 1. The van der Waals surface area contributed by atoms with E-state index >= 15 is 0 Å². The van der Waals surface area contributed by atoms with Gasteiger partial charge in [0.05, 0.1) is 18.6 Å². The summed E-state index contributed by atoms with van der Waals surface area (Å²) in [6, 6.07) is 17.4. The van der Waals surface area contributed by atoms with E-state index in [1.807, 2.05) is 53.2 Å². The Labute approximate surface area is 169 Å². The molecule has 0 spiro atoms. The summed E-state index contributed by atoms with van der Waals surface area (Å²) >= 11 is 5.93. The number of nitrogens with zero attached hydrogens (tertiary/aromatic N) is 3. The monoisotopic (exact) mass is 395 g/mol. The van der Waals surface area contributed by atoms with Gasteiger partial charge in [-0.15, -0.1) is 0 Å². The highest BCUT2D eigenvalue weighted by Crippen LogP contribution is 2.25. The van der Waals surface area contributed by atoms with Crippen molar-refractivity contribution in [3.05, 3.63) is 71.4 Å². The van der Waals surface area contributed by atoms with Crippen molar-refractivity contribution >= 4 is 34.1 Å². The second-order valence-electron chi connectivity index (χ2n) is 7.12. The molecule has 1 fully saturated rings. The highest BCUT2D eigenvalue weighted by molar-refractivity contribution is 6.30. The van der Waals surface area contributed by atoms with Crippen LogP contribution in [0.2, 0.25) is 5.02 Å². The number of rotatable bonds is 4. The zero-order valence-electron chi connectivity index (χ0n) is 15.6. The fourth-order valence-corrected chi connectivity index (χ4v) is 3.86. The Morgan fingerprint density at radius 2 is 1.82 bits per heavy atom. The molecule has 0 radical (unpaired) electrons. The number of hydrogen-bond donors (Lipinski definition) is 2. The maximum atomic E-state index is 10.6. The maximum Gasteiger partial charge on any atom is 0.351 e. The average molecular weight is 396 g/mol. The largest absolute Gasteiger partial charge is 0.462 e. The van der Waals surface area contributed by atoms with Crippen LogP contribution in [0.1, 0.15) is 5.56 Å². The standard InChI is InChI=1S/C22H23ClN4O/c23-17-7-5-16(6-8-17)15-19(24)22(28)27-13-11-26(12-14-27)21-9-10-25-20-4-2-1-3-18(20)21/h1-10,19H,11-15,24H2/p+1/t19-/m1/s1. The van der Waals surface area contributed by atoms with Crippen LogP contribution in [0.3, 0.4) is 0 Å². The number of para-hydroxylation sites is 1. The van der Waals surface area contributed by atoms with Gasteiger partial charge < -0.3 is 15.7 Å². The van der Waals surface area contributed by atoms with Crippen molar-refractivity contribution in [2.75, 3.05) is 31.1 Å². The Bertz CT molecular complexity index is 988. The summed E-state index contributed by atoms with van der Waals surface area (Å²) in [6.45, 7) is 3.12. The molecule has 1 saturated heterocycles. The van der Waals surface area contributed by atoms with Crippen molar-refractivity contribution in [3.63, 3.8) is 0 Å². The molecule has 1 aliphatic heterocycles. The molecule has 0 saturated carbocycles. The first kappa shape index (κ1) is 18.7. The van der Waals surface area contributed by atoms with Crippen molar-refractivity contribution in [2.45, 2.75) is 12.5 Å². The van der Waals surface area contributed by atoms with Crippen LogP contribution in [-0.4, -0.2) is 52.8 Å². The Morgan fingerprint density at radius 1 is 1.11 bits per heavy atom. The summed E-state index contributed by atoms with van der Waals surface area (Å²) in [6.07, 6.45) is 2.44. The topological polar surface area (TPSA) is 65.4 Å². The van der Waals surface area contributed by atoms with Gasteiger partial charge in [0.15, 0.2) is 13.1 Å². The van der Waals surface area contributed by atoms with Gasteiger partial charge in [0, 0.05) is 28.7 Å². The summed E-state index contributed by atoms with van der Waals surface area (Å²) < 4.78 is 1.99. The Hall–Kier alpha value is -2.63. The lowest BCUT2D eigenvalue weighted by Gasteiger charge is -2.28. The molecule has 0 unspecified atom stereocenters. The smallest absolute Gasteiger partial charge is 0.351 e. The van der Waals surface area contributed by atoms with Crippen molar-refractivity contribution in [1.29, 1.82) is 0 Å². The van der Waals surface area contributed by atoms with Crippen molar-refractivity contribution in [1.82, 2.24) is 4.98 Å². The fraction of sp³-hybridized carbons (Fsp3) is 0.273. The maximum absolute atomic E-state index is 10.6. The summed E-state index contributed by atoms with van der Waals surface area (Å²) in [5.74, 6) is 0.259. The molecule has 0 bridgehead atoms. The van der Waals surface area contributed by atoms with Gasteiger partial charge in [-0.3, -0.25) is 4.98 Å². The second kappa shape index (κ2) is 8.17. The van der Waals surface area contributed by atoms with Crippen molar-refractivity contribution in [2.24, 2.45) is 5.73 Å². The number of benzene rings is 2. The number of nitrogens with two attached hydrogens (primary N) is 1. The molecule has 3 aromatic rings. The van der Waals surface area contributed by atoms with Crippen LogP contribution in [0.15, 0.2) is 60.8 Å². The molecule has 0 aliphatic carbocycles. The van der Waals surface area contributed by atoms with E-state index in [0.717, 1.165) is 42.6 Å². The number of aromatic nitrogens is 1. The molecule has 3 N–H and O–H groups in total. The molecule has 0 amide bonds. The van der Waals surface area contributed by atoms with Crippen LogP contribution < -0.4 is 10.6 Å². The van der Waals surface area contributed by atoms with E-state index in [1.165, 1.54) is 5.69 Å². The molecule has 6 heteroatoms. The highest BCUT2D eigenvalue weighted by Gasteiger charge is 2.27. The number of anilines is 1. The minimum Gasteiger partial charge on any atom is -0.462 e. The number of aliphatic hydroxyl groups excluding tert-OH is 1. The van der Waals surface area contributed by atoms with Gasteiger partial charge in [-0.05, 0) is 29.8 Å². The minimum absolute atomic E-state index is 0.259. The van der Waals surface area contributed by atoms with Gasteiger partial charge in [0.2, 0.25) is 0 Å². The summed E-state index contributed by atoms with van der Waals surface area (Å²) in [7, 11) is 0. The second-order valence-corrected chi connectivity index (χ2v) is 7.55. The van der Waals surface area contributed by atoms with Gasteiger partial charge in [0.25, 0.3) is 0 Å². The van der Waals surface area contributed by atoms with E-state index in [9.17, 15) is 5.11 Å². The third kappa shape index (κ3) is 3.96. The summed E-state index contributed by atoms with van der Waals surface area (Å²) in [5, 5.41) is 12.5. The number of pyridine rings is 1. The highest BCUT2D eigenvalue weighted by atomic mass is 35.5. The summed E-state index contributed by atoms with van der Waals surface area (Å²) in [5.41, 5.74) is 9.51. The lowest BCUT2D eigenvalue weighted by atomic mass is 10.1. The van der Waals surface area contributed by atoms with Crippen LogP contribution in [0.25, 0.3) is 10.9 Å². The fourth-order valence-electron chi connectivity index (χ4n) is 3.73. The van der Waals surface area contributed by atoms with Gasteiger partial charge in [-0.2, -0.15) is 4.58 Å². The predicted octanol–water partition coefficient (Wildman–Crippen LogP) is 3.25. The zero-order chi connectivity index (χ0) is 19.5. The first-order valence-electron chi connectivity index (χ1n) is 9.51. The van der Waals surface area contributed by atoms with Crippen LogP contribution in [0.4, 0.5) is 5.69 Å². The molecule has 2 aromatic carbocycles. The van der Waals surface area contributed by atoms with Crippen molar-refractivity contribution < 1.29 is 9.68 Å². The van der Waals surface area contributed by atoms with Gasteiger partial charge in [0.1, 0.15) is 6.04 Å². The van der Waals surface area contributed by atoms with Gasteiger partial charge in [-0.25, -0.2) is 0 Å². The van der Waals surface area contributed by atoms with Crippen LogP contribution in [-0.2, 0) is 6.42 Å². The molecule has 2 heterocycles. The van der Waals surface area contributed by atoms with E-state index < -0.39 is 6.04 Å². The Kier molecular flexibility index (Phi) is 5.46. The van der Waals surface area contributed by atoms with E-state index in [1.54, 1.807) is 0 Å². The Morgan fingerprint density at radius 3 is 2.57 bits per heavy atom. The van der Waals surface area contributed by atoms with Crippen LogP contribution in [0.5, 0.6) is 0 Å². The Balaban J connectivity index is 1.45. The van der Waals surface area contributed by atoms with E-state index in [0.29, 0.717) is 11.4 Å². The third-order valence-electron chi connectivity index (χ3n) is 5.27. The summed E-state index contributed by atoms with van der Waals surface area (Å²) in [4.78, 5) is 6.79. The zero-order valence-corrected chi connectivity index (χ0v) is 16.4. The number of halogens is 1. The quantitative estimate of drug-likeness (QED) is 0.525. The van der Waals surface area contributed by atoms with Crippen LogP contribution >= 0.6 is 11.6 Å². The van der Waals surface area contributed by atoms with E-state index in [4.69, 9.17) is 17.3 Å². The predicted molar refractivity (Wildman–Crippen MR) is 115 cm³/mol. The SMILES string of the molecule is N[C@H](Cc1ccc(Cl)cc1)C(O)=[N+]1CCN(c2ccnc3ccccc23)CC1. The molecule has 5 nitrogen and oxygen atoms in total. The van der Waals surface area contributed by atoms with Crippen molar-refractivity contribution in [3.8, 4) is 0 Å². The van der Waals surface area contributed by atoms with E-state index in [-0.39, 0.29) is 5.90 Å². The number of hydrogen-bond acceptors (Lipinski definition) is 3. The van der Waals surface area contributed by atoms with Gasteiger partial charge >= 0.3 is 5.90 Å². The number of fused-ring (bicyclic) bond motifs is 1. The molecular weight excluding hydrogens is 372 g/mol. The average Bonchev–Trinajstić information content (AvgIpc) is 2.74. The normalized spacial score (nSPS) is 15.6. The molecule has 1 aliphatic rings. The first-order chi connectivity index (χ1) is 13.6. The number of piperazine rings is 1. The lowest BCUT2D eigenvalue weighted by Crippen LogP contribution is -2.48. The molecular formula is C22H24ClN4O+. The lowest BCUT2D eigenvalue weighted by molar-refractivity contribution is -0.538. The van der Waals surface area contributed by atoms with E-state index in [2.05, 4.69) is 22.0 Å². The molecule has 1 atom stereocenters. The first-order valence-corrected chi connectivity index (χ1v) is 9.89. The molecule has 1 aromatic heterocycles. The van der Waals surface area contributed by atoms with Gasteiger partial charge in [-0.1, -0.05) is 41.9 Å². The third-order valence-corrected chi connectivity index (χ3v) is 5.52. The molecule has 144 valence electrons. The molecule has 4 rings (SSSR count). The molecule has 28 heavy (non-hydrogen) atoms. The minimum atomic E-state index is -0.422.